The number of hydrogen-bond donors (Lipinski definition) is 4. The Morgan fingerprint density at radius 2 is 1.12 bits per heavy atom. The van der Waals surface area contributed by atoms with Gasteiger partial charge in [0.2, 0.25) is 0 Å². The van der Waals surface area contributed by atoms with Crippen LogP contribution >= 0.6 is 0 Å². The summed E-state index contributed by atoms with van der Waals surface area (Å²) >= 11 is 0. The first-order chi connectivity index (χ1) is 7.11. The molecule has 7 nitrogen and oxygen atoms in total. The lowest BCUT2D eigenvalue weighted by Gasteiger charge is -1.90. The number of nitrogens with two attached hydrogens (primary N) is 1. The van der Waals surface area contributed by atoms with E-state index in [1.165, 1.54) is 0 Å². The summed E-state index contributed by atoms with van der Waals surface area (Å²) in [6.45, 7) is 2.64. The quantitative estimate of drug-likeness (QED) is 0.477. The SMILES string of the molecule is CC(=O)O.CC(=O)O.CN(C)C.NCCO. The summed E-state index contributed by atoms with van der Waals surface area (Å²) in [4.78, 5) is 20.0. The van der Waals surface area contributed by atoms with Crippen LogP contribution in [-0.4, -0.2) is 66.5 Å². The summed E-state index contributed by atoms with van der Waals surface area (Å²) in [7, 11) is 6.00. The zero-order valence-electron chi connectivity index (χ0n) is 10.6. The Kier molecular flexibility index (Phi) is 35.6. The molecule has 16 heavy (non-hydrogen) atoms. The van der Waals surface area contributed by atoms with Gasteiger partial charge < -0.3 is 26.0 Å². The molecule has 0 spiro atoms. The molecule has 0 bridgehead atoms. The van der Waals surface area contributed by atoms with Crippen LogP contribution in [0, 0.1) is 0 Å². The van der Waals surface area contributed by atoms with Gasteiger partial charge in [-0.25, -0.2) is 0 Å². The van der Waals surface area contributed by atoms with Gasteiger partial charge in [0.25, 0.3) is 11.9 Å². The molecule has 0 saturated carbocycles. The molecular weight excluding hydrogens is 216 g/mol. The largest absolute Gasteiger partial charge is 0.481 e. The van der Waals surface area contributed by atoms with E-state index in [1.807, 2.05) is 26.0 Å². The third-order valence-electron chi connectivity index (χ3n) is 0.129. The lowest BCUT2D eigenvalue weighted by atomic mass is 10.8. The molecular formula is C9H24N2O5. The Bertz CT molecular complexity index is 126. The van der Waals surface area contributed by atoms with Crippen molar-refractivity contribution in [1.82, 2.24) is 4.90 Å². The van der Waals surface area contributed by atoms with Crippen LogP contribution in [0.5, 0.6) is 0 Å². The van der Waals surface area contributed by atoms with Crippen LogP contribution in [-0.2, 0) is 9.59 Å². The van der Waals surface area contributed by atoms with Crippen LogP contribution in [0.2, 0.25) is 0 Å². The van der Waals surface area contributed by atoms with Gasteiger partial charge in [-0.15, -0.1) is 0 Å². The monoisotopic (exact) mass is 240 g/mol. The minimum absolute atomic E-state index is 0.0972. The first kappa shape index (κ1) is 24.2. The lowest BCUT2D eigenvalue weighted by molar-refractivity contribution is -0.135. The molecule has 0 aromatic carbocycles. The number of aliphatic hydroxyl groups excluding tert-OH is 1. The van der Waals surface area contributed by atoms with Crippen LogP contribution in [0.1, 0.15) is 13.8 Å². The summed E-state index contributed by atoms with van der Waals surface area (Å²) in [5.74, 6) is -1.67. The van der Waals surface area contributed by atoms with Gasteiger partial charge in [-0.1, -0.05) is 0 Å². The van der Waals surface area contributed by atoms with Gasteiger partial charge in [0.15, 0.2) is 0 Å². The molecule has 0 fully saturated rings. The third-order valence-corrected chi connectivity index (χ3v) is 0.129. The first-order valence-corrected chi connectivity index (χ1v) is 4.42. The van der Waals surface area contributed by atoms with Crippen molar-refractivity contribution in [2.75, 3.05) is 34.3 Å². The van der Waals surface area contributed by atoms with E-state index in [0.29, 0.717) is 6.54 Å². The molecule has 0 saturated heterocycles. The highest BCUT2D eigenvalue weighted by Gasteiger charge is 1.66. The number of carboxylic acid groups (broad SMARTS) is 2. The molecule has 0 aliphatic rings. The molecule has 0 amide bonds. The molecule has 7 heteroatoms. The number of rotatable bonds is 1. The Hall–Kier alpha value is -1.18. The van der Waals surface area contributed by atoms with Gasteiger partial charge in [0.1, 0.15) is 0 Å². The van der Waals surface area contributed by atoms with Gasteiger partial charge in [-0.2, -0.15) is 0 Å². The van der Waals surface area contributed by atoms with Crippen molar-refractivity contribution in [3.8, 4) is 0 Å². The van der Waals surface area contributed by atoms with Crippen molar-refractivity contribution >= 4 is 11.9 Å². The van der Waals surface area contributed by atoms with Crippen molar-refractivity contribution in [2.45, 2.75) is 13.8 Å². The smallest absolute Gasteiger partial charge is 0.300 e. The topological polar surface area (TPSA) is 124 Å². The minimum atomic E-state index is -0.833. The van der Waals surface area contributed by atoms with E-state index in [0.717, 1.165) is 13.8 Å². The van der Waals surface area contributed by atoms with Crippen LogP contribution in [0.15, 0.2) is 0 Å². The highest BCUT2D eigenvalue weighted by molar-refractivity contribution is 5.63. The summed E-state index contributed by atoms with van der Waals surface area (Å²) in [6.07, 6.45) is 0. The van der Waals surface area contributed by atoms with Crippen molar-refractivity contribution in [1.29, 1.82) is 0 Å². The molecule has 0 aromatic rings. The average molecular weight is 240 g/mol. The number of hydrogen-bond acceptors (Lipinski definition) is 5. The maximum Gasteiger partial charge on any atom is 0.300 e. The molecule has 0 rings (SSSR count). The molecule has 100 valence electrons. The second kappa shape index (κ2) is 23.6. The molecule has 0 aromatic heterocycles. The predicted molar refractivity (Wildman–Crippen MR) is 62.4 cm³/mol. The fourth-order valence-corrected chi connectivity index (χ4v) is 0. The maximum atomic E-state index is 9.00. The van der Waals surface area contributed by atoms with Crippen LogP contribution in [0.25, 0.3) is 0 Å². The van der Waals surface area contributed by atoms with E-state index in [9.17, 15) is 0 Å². The van der Waals surface area contributed by atoms with E-state index in [-0.39, 0.29) is 6.61 Å². The zero-order valence-corrected chi connectivity index (χ0v) is 10.6. The number of carbonyl (C=O) groups is 2. The zero-order chi connectivity index (χ0) is 14.1. The Morgan fingerprint density at radius 3 is 1.12 bits per heavy atom. The highest BCUT2D eigenvalue weighted by Crippen LogP contribution is 1.47. The fourth-order valence-electron chi connectivity index (χ4n) is 0. The maximum absolute atomic E-state index is 9.00. The summed E-state index contributed by atoms with van der Waals surface area (Å²) < 4.78 is 0. The molecule has 0 heterocycles. The van der Waals surface area contributed by atoms with E-state index in [2.05, 4.69) is 0 Å². The fraction of sp³-hybridized carbons (Fsp3) is 0.778. The second-order valence-electron chi connectivity index (χ2n) is 2.89. The highest BCUT2D eigenvalue weighted by atomic mass is 16.4. The Morgan fingerprint density at radius 1 is 1.06 bits per heavy atom. The molecule has 0 radical (unpaired) electrons. The van der Waals surface area contributed by atoms with Crippen LogP contribution in [0.4, 0.5) is 0 Å². The number of aliphatic hydroxyl groups is 1. The average Bonchev–Trinajstić information content (AvgIpc) is 2.00. The molecule has 0 atom stereocenters. The number of nitrogens with zero attached hydrogens (tertiary/aromatic N) is 1. The normalized spacial score (nSPS) is 7.25. The van der Waals surface area contributed by atoms with E-state index >= 15 is 0 Å². The summed E-state index contributed by atoms with van der Waals surface area (Å²) in [5, 5.41) is 22.6. The van der Waals surface area contributed by atoms with Gasteiger partial charge in [-0.3, -0.25) is 9.59 Å². The predicted octanol–water partition coefficient (Wildman–Crippen LogP) is -0.703. The van der Waals surface area contributed by atoms with Crippen molar-refractivity contribution in [3.63, 3.8) is 0 Å². The van der Waals surface area contributed by atoms with Gasteiger partial charge >= 0.3 is 0 Å². The summed E-state index contributed by atoms with van der Waals surface area (Å²) in [6, 6.07) is 0. The molecule has 5 N–H and O–H groups in total. The van der Waals surface area contributed by atoms with Crippen LogP contribution in [0.3, 0.4) is 0 Å². The molecule has 0 unspecified atom stereocenters. The van der Waals surface area contributed by atoms with Crippen molar-refractivity contribution in [3.05, 3.63) is 0 Å². The lowest BCUT2D eigenvalue weighted by Crippen LogP contribution is -2.02. The van der Waals surface area contributed by atoms with E-state index in [4.69, 9.17) is 30.6 Å². The Labute approximate surface area is 96.5 Å². The second-order valence-corrected chi connectivity index (χ2v) is 2.89. The molecule has 0 aliphatic carbocycles. The minimum Gasteiger partial charge on any atom is -0.481 e. The number of carboxylic acids is 2. The number of aliphatic carboxylic acids is 2. The van der Waals surface area contributed by atoms with Gasteiger partial charge in [-0.05, 0) is 21.1 Å². The van der Waals surface area contributed by atoms with E-state index < -0.39 is 11.9 Å². The van der Waals surface area contributed by atoms with Gasteiger partial charge in [0.05, 0.1) is 6.61 Å². The molecule has 0 aliphatic heterocycles. The standard InChI is InChI=1S/C3H9N.C2H7NO.2C2H4O2/c1-4(2)3;3-1-2-4;2*1-2(3)4/h1-3H3;4H,1-3H2;2*1H3,(H,3,4). The first-order valence-electron chi connectivity index (χ1n) is 4.42. The van der Waals surface area contributed by atoms with Crippen molar-refractivity contribution in [2.24, 2.45) is 5.73 Å². The Balaban J connectivity index is -0.0000000600. The third kappa shape index (κ3) is 55300. The van der Waals surface area contributed by atoms with Gasteiger partial charge in [0, 0.05) is 20.4 Å². The summed E-state index contributed by atoms with van der Waals surface area (Å²) in [5.41, 5.74) is 4.78. The van der Waals surface area contributed by atoms with E-state index in [1.54, 1.807) is 0 Å². The van der Waals surface area contributed by atoms with Crippen molar-refractivity contribution < 1.29 is 24.9 Å². The van der Waals surface area contributed by atoms with Crippen LogP contribution < -0.4 is 5.73 Å².